The topological polar surface area (TPSA) is 0 Å². The Kier molecular flexibility index (Phi) is 7.66. The summed E-state index contributed by atoms with van der Waals surface area (Å²) in [5.41, 5.74) is 6.37. The van der Waals surface area contributed by atoms with Gasteiger partial charge in [-0.25, -0.2) is 0 Å². The Morgan fingerprint density at radius 2 is 1.18 bits per heavy atom. The van der Waals surface area contributed by atoms with Crippen LogP contribution in [0.3, 0.4) is 0 Å². The number of benzene rings is 2. The average molecular weight is 604 g/mol. The number of hydrogen-bond acceptors (Lipinski definition) is 0. The van der Waals surface area contributed by atoms with Gasteiger partial charge >= 0.3 is 0 Å². The predicted molar refractivity (Wildman–Crippen MR) is 109 cm³/mol. The smallest absolute Gasteiger partial charge is 0.128 e. The molecule has 0 saturated carbocycles. The summed E-state index contributed by atoms with van der Waals surface area (Å²) in [6.07, 6.45) is 1.31. The van der Waals surface area contributed by atoms with E-state index in [-0.39, 0.29) is 48.0 Å². The molecule has 0 spiro atoms. The van der Waals surface area contributed by atoms with Crippen molar-refractivity contribution in [3.8, 4) is 0 Å². The highest BCUT2D eigenvalue weighted by Crippen LogP contribution is 2.55. The molecule has 2 aromatic rings. The van der Waals surface area contributed by atoms with Crippen LogP contribution in [0.25, 0.3) is 0 Å². The number of rotatable bonds is 5. The molecule has 0 N–H and O–H groups in total. The van der Waals surface area contributed by atoms with E-state index >= 15 is 0 Å². The maximum Gasteiger partial charge on any atom is 0.128 e. The fourth-order valence-electron chi connectivity index (χ4n) is 5.24. The summed E-state index contributed by atoms with van der Waals surface area (Å²) >= 11 is 0. The Morgan fingerprint density at radius 1 is 0.714 bits per heavy atom. The van der Waals surface area contributed by atoms with E-state index in [0.717, 1.165) is 14.9 Å². The largest absolute Gasteiger partial charge is 1.00 e. The van der Waals surface area contributed by atoms with Gasteiger partial charge in [0.05, 0.1) is 41.8 Å². The summed E-state index contributed by atoms with van der Waals surface area (Å²) in [5.74, 6) is 1.91. The van der Waals surface area contributed by atoms with E-state index in [1.54, 1.807) is 22.3 Å². The van der Waals surface area contributed by atoms with Crippen molar-refractivity contribution in [3.63, 3.8) is 0 Å². The van der Waals surface area contributed by atoms with E-state index < -0.39 is 0 Å². The lowest BCUT2D eigenvalue weighted by Gasteiger charge is -2.47. The molecule has 2 bridgehead atoms. The predicted octanol–water partition coefficient (Wildman–Crippen LogP) is -1.93. The van der Waals surface area contributed by atoms with E-state index in [9.17, 15) is 0 Å². The summed E-state index contributed by atoms with van der Waals surface area (Å²) < 4.78 is 2.16. The van der Waals surface area contributed by atoms with Gasteiger partial charge in [0.15, 0.2) is 0 Å². The second-order valence-electron chi connectivity index (χ2n) is 10.1. The molecule has 0 saturated heterocycles. The Labute approximate surface area is 205 Å². The summed E-state index contributed by atoms with van der Waals surface area (Å²) in [5, 5.41) is 0. The first-order valence-corrected chi connectivity index (χ1v) is 10.1. The van der Waals surface area contributed by atoms with Gasteiger partial charge in [0.25, 0.3) is 0 Å². The quantitative estimate of drug-likeness (QED) is 0.276. The van der Waals surface area contributed by atoms with Gasteiger partial charge in [0, 0.05) is 17.8 Å². The van der Waals surface area contributed by atoms with Gasteiger partial charge in [-0.2, -0.15) is 0 Å². The van der Waals surface area contributed by atoms with Crippen LogP contribution in [0.2, 0.25) is 0 Å². The summed E-state index contributed by atoms with van der Waals surface area (Å²) in [6.45, 7) is 3.73. The minimum absolute atomic E-state index is 0. The van der Waals surface area contributed by atoms with Crippen LogP contribution in [0, 0.1) is 5.92 Å². The molecule has 2 nitrogen and oxygen atoms in total. The van der Waals surface area contributed by atoms with Crippen LogP contribution in [0.15, 0.2) is 48.5 Å². The van der Waals surface area contributed by atoms with Crippen LogP contribution < -0.4 is 48.0 Å². The summed E-state index contributed by atoms with van der Waals surface area (Å²) in [6, 6.07) is 18.4. The van der Waals surface area contributed by atoms with Gasteiger partial charge in [0.2, 0.25) is 0 Å². The zero-order valence-electron chi connectivity index (χ0n) is 17.8. The molecule has 3 aliphatic carbocycles. The van der Waals surface area contributed by atoms with Crippen molar-refractivity contribution in [2.24, 2.45) is 5.92 Å². The van der Waals surface area contributed by atoms with Crippen molar-refractivity contribution in [2.75, 3.05) is 54.9 Å². The number of hydrogen-bond donors (Lipinski definition) is 0. The molecular weight excluding hydrogens is 570 g/mol. The van der Waals surface area contributed by atoms with Gasteiger partial charge in [0.1, 0.15) is 13.1 Å². The second-order valence-corrected chi connectivity index (χ2v) is 10.1. The molecule has 4 heteroatoms. The number of fused-ring (bicyclic) bond motifs is 1. The van der Waals surface area contributed by atoms with Crippen LogP contribution in [0.5, 0.6) is 0 Å². The zero-order valence-corrected chi connectivity index (χ0v) is 22.1. The fourth-order valence-corrected chi connectivity index (χ4v) is 5.24. The molecule has 5 rings (SSSR count). The lowest BCUT2D eigenvalue weighted by atomic mass is 9.59. The maximum atomic E-state index is 2.43. The third-order valence-corrected chi connectivity index (χ3v) is 6.53. The zero-order chi connectivity index (χ0) is 18.5. The Balaban J connectivity index is 0.00000140. The third kappa shape index (κ3) is 4.76. The van der Waals surface area contributed by atoms with Gasteiger partial charge in [-0.05, 0) is 28.7 Å². The summed E-state index contributed by atoms with van der Waals surface area (Å²) in [7, 11) is 11.8. The number of halogens is 2. The highest BCUT2D eigenvalue weighted by Gasteiger charge is 2.45. The van der Waals surface area contributed by atoms with E-state index in [1.165, 1.54) is 26.1 Å². The molecule has 0 fully saturated rings. The minimum atomic E-state index is 0. The molecular formula is C24H34I2N2. The van der Waals surface area contributed by atoms with Crippen LogP contribution >= 0.6 is 0 Å². The molecule has 28 heavy (non-hydrogen) atoms. The first-order valence-electron chi connectivity index (χ1n) is 10.1. The molecule has 1 unspecified atom stereocenters. The number of nitrogens with zero attached hydrogens (tertiary/aromatic N) is 2. The van der Waals surface area contributed by atoms with Crippen LogP contribution in [-0.4, -0.2) is 63.8 Å². The molecule has 1 atom stereocenters. The van der Waals surface area contributed by atoms with Gasteiger partial charge < -0.3 is 56.9 Å². The molecule has 0 aliphatic heterocycles. The van der Waals surface area contributed by atoms with Gasteiger partial charge in [-0.1, -0.05) is 48.5 Å². The lowest BCUT2D eigenvalue weighted by molar-refractivity contribution is -0.939. The van der Waals surface area contributed by atoms with E-state index in [0.29, 0.717) is 11.8 Å². The van der Waals surface area contributed by atoms with Crippen molar-refractivity contribution in [1.82, 2.24) is 0 Å². The standard InChI is InChI=1S/C24H34N2.2HI/c1-25(2,3)14-15-26(4,5)17-18-16-23-19-10-6-8-12-21(19)24(18)22-13-9-7-11-20(22)23;;/h6-13,18,23-24H,14-17H2,1-5H3;2*1H/q+2;;/p-2. The van der Waals surface area contributed by atoms with E-state index in [1.807, 2.05) is 0 Å². The van der Waals surface area contributed by atoms with Crippen molar-refractivity contribution in [2.45, 2.75) is 18.3 Å². The van der Waals surface area contributed by atoms with Crippen LogP contribution in [0.4, 0.5) is 0 Å². The second kappa shape index (κ2) is 8.90. The molecule has 154 valence electrons. The maximum absolute atomic E-state index is 2.43. The molecule has 0 heterocycles. The first kappa shape index (κ1) is 24.1. The highest BCUT2D eigenvalue weighted by atomic mass is 127. The average Bonchev–Trinajstić information content (AvgIpc) is 2.60. The molecule has 0 radical (unpaired) electrons. The van der Waals surface area contributed by atoms with E-state index in [2.05, 4.69) is 83.8 Å². The molecule has 0 amide bonds. The van der Waals surface area contributed by atoms with Gasteiger partial charge in [-0.3, -0.25) is 0 Å². The third-order valence-electron chi connectivity index (χ3n) is 6.53. The van der Waals surface area contributed by atoms with Crippen molar-refractivity contribution >= 4 is 0 Å². The van der Waals surface area contributed by atoms with Crippen molar-refractivity contribution in [1.29, 1.82) is 0 Å². The Hall–Kier alpha value is -0.180. The van der Waals surface area contributed by atoms with E-state index in [4.69, 9.17) is 0 Å². The Morgan fingerprint density at radius 3 is 1.64 bits per heavy atom. The van der Waals surface area contributed by atoms with Gasteiger partial charge in [-0.15, -0.1) is 0 Å². The SMILES string of the molecule is C[N+](C)(C)CC[N+](C)(C)CC1CC2c3ccccc3C1c1ccccc12.[I-].[I-]. The molecule has 2 aromatic carbocycles. The molecule has 3 aliphatic rings. The highest BCUT2D eigenvalue weighted by molar-refractivity contribution is 5.55. The minimum Gasteiger partial charge on any atom is -1.00 e. The molecule has 0 aromatic heterocycles. The van der Waals surface area contributed by atoms with Crippen LogP contribution in [-0.2, 0) is 0 Å². The Bertz CT molecular complexity index is 763. The van der Waals surface area contributed by atoms with Crippen LogP contribution in [0.1, 0.15) is 40.5 Å². The fraction of sp³-hybridized carbons (Fsp3) is 0.500. The monoisotopic (exact) mass is 604 g/mol. The van der Waals surface area contributed by atoms with Crippen molar-refractivity contribution in [3.05, 3.63) is 70.8 Å². The normalized spacial score (nSPS) is 22.5. The number of quaternary nitrogens is 2. The summed E-state index contributed by atoms with van der Waals surface area (Å²) in [4.78, 5) is 0. The first-order chi connectivity index (χ1) is 12.3. The lowest BCUT2D eigenvalue weighted by Crippen LogP contribution is -3.00. The van der Waals surface area contributed by atoms with Crippen molar-refractivity contribution < 1.29 is 56.9 Å². The number of likely N-dealkylation sites (N-methyl/N-ethyl adjacent to an activating group) is 2.